The lowest BCUT2D eigenvalue weighted by molar-refractivity contribution is 0.0507. The fourth-order valence-electron chi connectivity index (χ4n) is 4.19. The van der Waals surface area contributed by atoms with Gasteiger partial charge in [-0.05, 0) is 65.3 Å². The number of thiazole rings is 1. The Balaban J connectivity index is 1.46. The van der Waals surface area contributed by atoms with E-state index in [2.05, 4.69) is 22.1 Å². The van der Waals surface area contributed by atoms with Crippen LogP contribution in [0.5, 0.6) is 0 Å². The zero-order chi connectivity index (χ0) is 22.3. The molecule has 1 aromatic carbocycles. The number of likely N-dealkylation sites (tertiary alicyclic amines) is 1. The van der Waals surface area contributed by atoms with Crippen LogP contribution in [0, 0.1) is 0 Å². The topological polar surface area (TPSA) is 82.6 Å². The molecule has 7 nitrogen and oxygen atoms in total. The van der Waals surface area contributed by atoms with Crippen LogP contribution in [0.15, 0.2) is 24.4 Å². The minimum atomic E-state index is -0.626. The number of hydrogen-bond donors (Lipinski definition) is 1. The first-order chi connectivity index (χ1) is 14.6. The monoisotopic (exact) mass is 440 g/mol. The summed E-state index contributed by atoms with van der Waals surface area (Å²) >= 11 is 1.47. The number of anilines is 1. The molecule has 164 valence electrons. The molecule has 4 rings (SSSR count). The van der Waals surface area contributed by atoms with Gasteiger partial charge in [0.25, 0.3) is 17.7 Å². The van der Waals surface area contributed by atoms with Crippen LogP contribution in [-0.2, 0) is 6.54 Å². The lowest BCUT2D eigenvalue weighted by Crippen LogP contribution is -2.45. The van der Waals surface area contributed by atoms with Crippen LogP contribution in [0.25, 0.3) is 0 Å². The molecule has 0 aliphatic carbocycles. The van der Waals surface area contributed by atoms with E-state index in [9.17, 15) is 14.4 Å². The minimum absolute atomic E-state index is 0.270. The molecule has 1 unspecified atom stereocenters. The fraction of sp³-hybridized carbons (Fsp3) is 0.478. The molecule has 0 saturated carbocycles. The van der Waals surface area contributed by atoms with E-state index >= 15 is 0 Å². The van der Waals surface area contributed by atoms with Crippen molar-refractivity contribution in [2.75, 3.05) is 11.9 Å². The van der Waals surface area contributed by atoms with Crippen molar-refractivity contribution in [3.63, 3.8) is 0 Å². The SMILES string of the molecule is CC1CCCCN1Cc1cnc(NC(=O)c2ccc3c(c2)C(=O)N(C(C)(C)C)C3=O)s1. The third kappa shape index (κ3) is 4.27. The van der Waals surface area contributed by atoms with E-state index in [1.165, 1.54) is 41.6 Å². The minimum Gasteiger partial charge on any atom is -0.298 e. The highest BCUT2D eigenvalue weighted by Gasteiger charge is 2.42. The number of carbonyl (C=O) groups is 3. The van der Waals surface area contributed by atoms with Crippen molar-refractivity contribution in [1.82, 2.24) is 14.8 Å². The summed E-state index contributed by atoms with van der Waals surface area (Å²) in [6, 6.07) is 5.20. The molecular weight excluding hydrogens is 412 g/mol. The van der Waals surface area contributed by atoms with Gasteiger partial charge >= 0.3 is 0 Å². The maximum Gasteiger partial charge on any atom is 0.262 e. The molecule has 0 radical (unpaired) electrons. The Labute approximate surface area is 186 Å². The Morgan fingerprint density at radius 2 is 1.94 bits per heavy atom. The highest BCUT2D eigenvalue weighted by molar-refractivity contribution is 7.15. The molecule has 1 atom stereocenters. The van der Waals surface area contributed by atoms with Gasteiger partial charge in [0.2, 0.25) is 0 Å². The Hall–Kier alpha value is -2.58. The number of aromatic nitrogens is 1. The molecule has 0 spiro atoms. The van der Waals surface area contributed by atoms with Gasteiger partial charge in [0.05, 0.1) is 11.1 Å². The molecule has 3 amide bonds. The number of amides is 3. The maximum atomic E-state index is 12.8. The number of benzene rings is 1. The van der Waals surface area contributed by atoms with Gasteiger partial charge in [0.15, 0.2) is 5.13 Å². The second-order valence-corrected chi connectivity index (χ2v) is 10.4. The van der Waals surface area contributed by atoms with Crippen molar-refractivity contribution in [3.05, 3.63) is 46.0 Å². The van der Waals surface area contributed by atoms with E-state index in [1.807, 2.05) is 27.0 Å². The normalized spacial score (nSPS) is 19.6. The van der Waals surface area contributed by atoms with E-state index in [4.69, 9.17) is 0 Å². The van der Waals surface area contributed by atoms with Crippen molar-refractivity contribution < 1.29 is 14.4 Å². The zero-order valence-corrected chi connectivity index (χ0v) is 19.2. The molecule has 8 heteroatoms. The quantitative estimate of drug-likeness (QED) is 0.722. The van der Waals surface area contributed by atoms with Crippen LogP contribution in [0.4, 0.5) is 5.13 Å². The molecule has 1 saturated heterocycles. The van der Waals surface area contributed by atoms with Crippen molar-refractivity contribution in [3.8, 4) is 0 Å². The lowest BCUT2D eigenvalue weighted by Gasteiger charge is -2.32. The average molecular weight is 441 g/mol. The smallest absolute Gasteiger partial charge is 0.262 e. The summed E-state index contributed by atoms with van der Waals surface area (Å²) in [6.45, 7) is 9.62. The molecule has 3 heterocycles. The number of rotatable bonds is 4. The van der Waals surface area contributed by atoms with Crippen LogP contribution in [-0.4, -0.2) is 50.6 Å². The first-order valence-corrected chi connectivity index (χ1v) is 11.5. The van der Waals surface area contributed by atoms with Crippen LogP contribution in [0.2, 0.25) is 0 Å². The molecule has 0 bridgehead atoms. The predicted molar refractivity (Wildman–Crippen MR) is 120 cm³/mol. The number of carbonyl (C=O) groups excluding carboxylic acids is 3. The summed E-state index contributed by atoms with van der Waals surface area (Å²) < 4.78 is 0. The Morgan fingerprint density at radius 3 is 2.65 bits per heavy atom. The Morgan fingerprint density at radius 1 is 1.19 bits per heavy atom. The summed E-state index contributed by atoms with van der Waals surface area (Å²) in [6.07, 6.45) is 5.53. The molecular formula is C23H28N4O3S. The summed E-state index contributed by atoms with van der Waals surface area (Å²) in [5.41, 5.74) is 0.311. The molecule has 2 aliphatic rings. The average Bonchev–Trinajstić information content (AvgIpc) is 3.25. The second-order valence-electron chi connectivity index (χ2n) is 9.28. The fourth-order valence-corrected chi connectivity index (χ4v) is 5.02. The van der Waals surface area contributed by atoms with Crippen molar-refractivity contribution >= 4 is 34.2 Å². The molecule has 2 aliphatic heterocycles. The summed E-state index contributed by atoms with van der Waals surface area (Å²) in [7, 11) is 0. The van der Waals surface area contributed by atoms with E-state index in [-0.39, 0.29) is 23.3 Å². The predicted octanol–water partition coefficient (Wildman–Crippen LogP) is 4.16. The van der Waals surface area contributed by atoms with Crippen LogP contribution >= 0.6 is 11.3 Å². The molecule has 31 heavy (non-hydrogen) atoms. The van der Waals surface area contributed by atoms with Gasteiger partial charge in [-0.15, -0.1) is 11.3 Å². The molecule has 1 aromatic heterocycles. The van der Waals surface area contributed by atoms with Crippen molar-refractivity contribution in [2.45, 2.75) is 65.1 Å². The standard InChI is InChI=1S/C23H28N4O3S/c1-14-7-5-6-10-26(14)13-16-12-24-22(31-16)25-19(28)15-8-9-17-18(11-15)21(30)27(20(17)29)23(2,3)4/h8-9,11-12,14H,5-7,10,13H2,1-4H3,(H,24,25,28). The number of nitrogens with one attached hydrogen (secondary N) is 1. The summed E-state index contributed by atoms with van der Waals surface area (Å²) in [4.78, 5) is 47.3. The van der Waals surface area contributed by atoms with E-state index < -0.39 is 5.54 Å². The van der Waals surface area contributed by atoms with Crippen LogP contribution < -0.4 is 5.32 Å². The third-order valence-corrected chi connectivity index (χ3v) is 6.79. The number of nitrogens with zero attached hydrogens (tertiary/aromatic N) is 3. The van der Waals surface area contributed by atoms with Gasteiger partial charge in [-0.3, -0.25) is 29.5 Å². The first kappa shape index (κ1) is 21.6. The van der Waals surface area contributed by atoms with Gasteiger partial charge in [0.1, 0.15) is 0 Å². The van der Waals surface area contributed by atoms with E-state index in [0.717, 1.165) is 18.0 Å². The number of piperidine rings is 1. The number of imide groups is 1. The lowest BCUT2D eigenvalue weighted by atomic mass is 10.0. The summed E-state index contributed by atoms with van der Waals surface area (Å²) in [5.74, 6) is -1.03. The highest BCUT2D eigenvalue weighted by atomic mass is 32.1. The molecule has 1 N–H and O–H groups in total. The highest BCUT2D eigenvalue weighted by Crippen LogP contribution is 2.30. The van der Waals surface area contributed by atoms with Crippen molar-refractivity contribution in [2.24, 2.45) is 0 Å². The van der Waals surface area contributed by atoms with Crippen molar-refractivity contribution in [1.29, 1.82) is 0 Å². The third-order valence-electron chi connectivity index (χ3n) is 5.89. The van der Waals surface area contributed by atoms with Gasteiger partial charge < -0.3 is 0 Å². The molecule has 2 aromatic rings. The Bertz CT molecular complexity index is 1040. The maximum absolute atomic E-state index is 12.8. The number of fused-ring (bicyclic) bond motifs is 1. The first-order valence-electron chi connectivity index (χ1n) is 10.7. The van der Waals surface area contributed by atoms with Gasteiger partial charge in [-0.2, -0.15) is 0 Å². The summed E-state index contributed by atoms with van der Waals surface area (Å²) in [5, 5.41) is 3.36. The Kier molecular flexibility index (Phi) is 5.70. The van der Waals surface area contributed by atoms with Gasteiger partial charge in [-0.1, -0.05) is 6.42 Å². The zero-order valence-electron chi connectivity index (χ0n) is 18.4. The van der Waals surface area contributed by atoms with E-state index in [1.54, 1.807) is 12.1 Å². The largest absolute Gasteiger partial charge is 0.298 e. The number of hydrogen-bond acceptors (Lipinski definition) is 6. The van der Waals surface area contributed by atoms with Crippen LogP contribution in [0.1, 0.15) is 82.9 Å². The van der Waals surface area contributed by atoms with Crippen LogP contribution in [0.3, 0.4) is 0 Å². The van der Waals surface area contributed by atoms with Gasteiger partial charge in [0, 0.05) is 34.8 Å². The molecule has 1 fully saturated rings. The van der Waals surface area contributed by atoms with E-state index in [0.29, 0.717) is 22.3 Å². The van der Waals surface area contributed by atoms with Gasteiger partial charge in [-0.25, -0.2) is 4.98 Å². The second kappa shape index (κ2) is 8.16.